The topological polar surface area (TPSA) is 126 Å². The van der Waals surface area contributed by atoms with Crippen molar-refractivity contribution >= 4 is 17.6 Å². The molecule has 1 fully saturated rings. The molecule has 1 saturated heterocycles. The Morgan fingerprint density at radius 2 is 2.12 bits per heavy atom. The van der Waals surface area contributed by atoms with Gasteiger partial charge >= 0.3 is 0 Å². The number of anilines is 1. The Morgan fingerprint density at radius 3 is 2.91 bits per heavy atom. The number of aromatic amines is 1. The SMILES string of the molecule is CC(=O)N1CCC(Nc2cc(C(=O)NC[C@H](O)CN3CCc4cn[nH]c4C3)ccn2)CC1. The van der Waals surface area contributed by atoms with Gasteiger partial charge in [0.25, 0.3) is 5.91 Å². The number of aliphatic hydroxyl groups excluding tert-OH is 1. The minimum absolute atomic E-state index is 0.105. The summed E-state index contributed by atoms with van der Waals surface area (Å²) in [6.45, 7) is 5.30. The van der Waals surface area contributed by atoms with Gasteiger partial charge in [-0.3, -0.25) is 19.6 Å². The number of fused-ring (bicyclic) bond motifs is 1. The maximum absolute atomic E-state index is 12.6. The zero-order chi connectivity index (χ0) is 22.5. The number of likely N-dealkylation sites (tertiary alicyclic amines) is 1. The van der Waals surface area contributed by atoms with Crippen LogP contribution in [0.3, 0.4) is 0 Å². The number of rotatable bonds is 7. The lowest BCUT2D eigenvalue weighted by Crippen LogP contribution is -2.42. The second-order valence-corrected chi connectivity index (χ2v) is 8.58. The van der Waals surface area contributed by atoms with Crippen molar-refractivity contribution in [1.82, 2.24) is 30.3 Å². The summed E-state index contributed by atoms with van der Waals surface area (Å²) in [6.07, 6.45) is 5.41. The molecule has 2 aromatic rings. The Bertz CT molecular complexity index is 939. The monoisotopic (exact) mass is 441 g/mol. The van der Waals surface area contributed by atoms with Gasteiger partial charge < -0.3 is 20.6 Å². The number of nitrogens with zero attached hydrogens (tertiary/aromatic N) is 4. The molecule has 2 aliphatic rings. The van der Waals surface area contributed by atoms with Gasteiger partial charge in [-0.1, -0.05) is 0 Å². The molecular weight excluding hydrogens is 410 g/mol. The van der Waals surface area contributed by atoms with E-state index in [0.29, 0.717) is 17.9 Å². The standard InChI is InChI=1S/C22H31N7O3/c1-15(30)29-8-4-18(5-9-29)26-21-10-16(2-6-23-21)22(32)24-12-19(31)13-28-7-3-17-11-25-27-20(17)14-28/h2,6,10-11,18-19,31H,3-5,7-9,12-14H2,1H3,(H,23,26)(H,24,32)(H,25,27)/t19-/m0/s1. The highest BCUT2D eigenvalue weighted by Gasteiger charge is 2.22. The first-order chi connectivity index (χ1) is 15.5. The maximum atomic E-state index is 12.6. The molecule has 0 aliphatic carbocycles. The number of pyridine rings is 1. The molecule has 4 N–H and O–H groups in total. The summed E-state index contributed by atoms with van der Waals surface area (Å²) in [5.74, 6) is 0.507. The molecule has 4 heterocycles. The number of carbonyl (C=O) groups is 2. The second kappa shape index (κ2) is 10.1. The molecule has 2 aromatic heterocycles. The summed E-state index contributed by atoms with van der Waals surface area (Å²) >= 11 is 0. The summed E-state index contributed by atoms with van der Waals surface area (Å²) in [5, 5.41) is 23.6. The number of amides is 2. The van der Waals surface area contributed by atoms with Gasteiger partial charge in [0.05, 0.1) is 18.0 Å². The number of β-amino-alcohol motifs (C(OH)–C–C–N with tert-alkyl or cyclic N) is 1. The predicted octanol–water partition coefficient (Wildman–Crippen LogP) is 0.377. The summed E-state index contributed by atoms with van der Waals surface area (Å²) in [7, 11) is 0. The van der Waals surface area contributed by atoms with E-state index in [-0.39, 0.29) is 24.4 Å². The van der Waals surface area contributed by atoms with Gasteiger partial charge in [-0.2, -0.15) is 5.10 Å². The minimum atomic E-state index is -0.658. The van der Waals surface area contributed by atoms with E-state index in [9.17, 15) is 14.7 Å². The van der Waals surface area contributed by atoms with Crippen LogP contribution in [0.5, 0.6) is 0 Å². The van der Waals surface area contributed by atoms with Crippen molar-refractivity contribution in [2.75, 3.05) is 38.0 Å². The van der Waals surface area contributed by atoms with E-state index in [1.54, 1.807) is 25.3 Å². The van der Waals surface area contributed by atoms with E-state index in [0.717, 1.165) is 51.1 Å². The zero-order valence-electron chi connectivity index (χ0n) is 18.4. The summed E-state index contributed by atoms with van der Waals surface area (Å²) in [6, 6.07) is 3.61. The minimum Gasteiger partial charge on any atom is -0.390 e. The average molecular weight is 442 g/mol. The number of nitrogens with one attached hydrogen (secondary N) is 3. The molecule has 0 radical (unpaired) electrons. The molecule has 172 valence electrons. The van der Waals surface area contributed by atoms with Crippen molar-refractivity contribution in [3.63, 3.8) is 0 Å². The van der Waals surface area contributed by atoms with E-state index < -0.39 is 6.10 Å². The van der Waals surface area contributed by atoms with Crippen LogP contribution in [-0.2, 0) is 17.8 Å². The third kappa shape index (κ3) is 5.63. The van der Waals surface area contributed by atoms with E-state index >= 15 is 0 Å². The fourth-order valence-corrected chi connectivity index (χ4v) is 4.30. The molecule has 10 nitrogen and oxygen atoms in total. The summed E-state index contributed by atoms with van der Waals surface area (Å²) in [4.78, 5) is 32.4. The van der Waals surface area contributed by atoms with Crippen LogP contribution < -0.4 is 10.6 Å². The van der Waals surface area contributed by atoms with Gasteiger partial charge in [0, 0.05) is 64.0 Å². The van der Waals surface area contributed by atoms with Crippen LogP contribution >= 0.6 is 0 Å². The lowest BCUT2D eigenvalue weighted by molar-refractivity contribution is -0.129. The molecule has 0 unspecified atom stereocenters. The lowest BCUT2D eigenvalue weighted by Gasteiger charge is -2.32. The third-order valence-electron chi connectivity index (χ3n) is 6.17. The van der Waals surface area contributed by atoms with Crippen molar-refractivity contribution < 1.29 is 14.7 Å². The van der Waals surface area contributed by atoms with E-state index in [4.69, 9.17) is 0 Å². The molecule has 0 bridgehead atoms. The Balaban J connectivity index is 1.23. The number of H-pyrrole nitrogens is 1. The molecule has 2 amide bonds. The number of aliphatic hydroxyl groups is 1. The van der Waals surface area contributed by atoms with Crippen molar-refractivity contribution in [3.8, 4) is 0 Å². The third-order valence-corrected chi connectivity index (χ3v) is 6.17. The van der Waals surface area contributed by atoms with Crippen molar-refractivity contribution in [3.05, 3.63) is 41.3 Å². The summed E-state index contributed by atoms with van der Waals surface area (Å²) in [5.41, 5.74) is 2.82. The van der Waals surface area contributed by atoms with Gasteiger partial charge in [-0.25, -0.2) is 4.98 Å². The number of piperidine rings is 1. The predicted molar refractivity (Wildman–Crippen MR) is 119 cm³/mol. The number of hydrogen-bond acceptors (Lipinski definition) is 7. The molecule has 32 heavy (non-hydrogen) atoms. The largest absolute Gasteiger partial charge is 0.390 e. The van der Waals surface area contributed by atoms with Crippen LogP contribution in [0, 0.1) is 0 Å². The van der Waals surface area contributed by atoms with E-state index in [1.165, 1.54) is 5.56 Å². The normalized spacial score (nSPS) is 18.1. The van der Waals surface area contributed by atoms with Gasteiger partial charge in [0.15, 0.2) is 0 Å². The van der Waals surface area contributed by atoms with Gasteiger partial charge in [-0.05, 0) is 37.0 Å². The average Bonchev–Trinajstić information content (AvgIpc) is 3.26. The van der Waals surface area contributed by atoms with Crippen LogP contribution in [-0.4, -0.2) is 86.8 Å². The zero-order valence-corrected chi connectivity index (χ0v) is 18.4. The van der Waals surface area contributed by atoms with Gasteiger partial charge in [0.1, 0.15) is 5.82 Å². The lowest BCUT2D eigenvalue weighted by atomic mass is 10.0. The number of aromatic nitrogens is 3. The van der Waals surface area contributed by atoms with Gasteiger partial charge in [0.2, 0.25) is 5.91 Å². The summed E-state index contributed by atoms with van der Waals surface area (Å²) < 4.78 is 0. The van der Waals surface area contributed by atoms with Gasteiger partial charge in [-0.15, -0.1) is 0 Å². The fraction of sp³-hybridized carbons (Fsp3) is 0.545. The number of hydrogen-bond donors (Lipinski definition) is 4. The Labute approximate surface area is 187 Å². The molecular formula is C22H31N7O3. The van der Waals surface area contributed by atoms with Crippen molar-refractivity contribution in [1.29, 1.82) is 0 Å². The molecule has 2 aliphatic heterocycles. The first-order valence-corrected chi connectivity index (χ1v) is 11.2. The Kier molecular flexibility index (Phi) is 7.01. The molecule has 0 saturated carbocycles. The molecule has 0 aromatic carbocycles. The van der Waals surface area contributed by atoms with Crippen LogP contribution in [0.2, 0.25) is 0 Å². The molecule has 0 spiro atoms. The van der Waals surface area contributed by atoms with Crippen molar-refractivity contribution in [2.24, 2.45) is 0 Å². The molecule has 1 atom stereocenters. The maximum Gasteiger partial charge on any atom is 0.251 e. The van der Waals surface area contributed by atoms with E-state index in [1.807, 2.05) is 11.1 Å². The highest BCUT2D eigenvalue weighted by molar-refractivity contribution is 5.94. The quantitative estimate of drug-likeness (QED) is 0.489. The first kappa shape index (κ1) is 22.2. The van der Waals surface area contributed by atoms with E-state index in [2.05, 4.69) is 30.7 Å². The smallest absolute Gasteiger partial charge is 0.251 e. The van der Waals surface area contributed by atoms with Crippen LogP contribution in [0.1, 0.15) is 41.4 Å². The number of carbonyl (C=O) groups excluding carboxylic acids is 2. The van der Waals surface area contributed by atoms with Crippen LogP contribution in [0.25, 0.3) is 0 Å². The molecule has 10 heteroatoms. The molecule has 4 rings (SSSR count). The fourth-order valence-electron chi connectivity index (χ4n) is 4.30. The van der Waals surface area contributed by atoms with Crippen molar-refractivity contribution in [2.45, 2.75) is 44.9 Å². The Morgan fingerprint density at radius 1 is 1.31 bits per heavy atom. The first-order valence-electron chi connectivity index (χ1n) is 11.2. The highest BCUT2D eigenvalue weighted by atomic mass is 16.3. The van der Waals surface area contributed by atoms with Crippen LogP contribution in [0.4, 0.5) is 5.82 Å². The van der Waals surface area contributed by atoms with Crippen LogP contribution in [0.15, 0.2) is 24.5 Å². The highest BCUT2D eigenvalue weighted by Crippen LogP contribution is 2.17. The Hall–Kier alpha value is -2.98. The second-order valence-electron chi connectivity index (χ2n) is 8.58.